The fourth-order valence-corrected chi connectivity index (χ4v) is 3.82. The molecule has 2 fully saturated rings. The number of aliphatic carboxylic acids is 1. The predicted molar refractivity (Wildman–Crippen MR) is 76.6 cm³/mol. The van der Waals surface area contributed by atoms with Gasteiger partial charge < -0.3 is 15.3 Å². The first kappa shape index (κ1) is 15.1. The first-order valence-corrected chi connectivity index (χ1v) is 7.80. The average molecular weight is 282 g/mol. The van der Waals surface area contributed by atoms with Crippen LogP contribution in [0.2, 0.25) is 0 Å². The maximum absolute atomic E-state index is 12.6. The summed E-state index contributed by atoms with van der Waals surface area (Å²) < 4.78 is 0. The number of hydrogen-bond donors (Lipinski definition) is 2. The summed E-state index contributed by atoms with van der Waals surface area (Å²) in [6.07, 6.45) is 6.66. The van der Waals surface area contributed by atoms with Crippen LogP contribution in [0.1, 0.15) is 65.2 Å². The molecule has 1 saturated carbocycles. The zero-order valence-corrected chi connectivity index (χ0v) is 12.5. The van der Waals surface area contributed by atoms with Gasteiger partial charge in [0.25, 0.3) is 0 Å². The second-order valence-corrected chi connectivity index (χ2v) is 6.38. The van der Waals surface area contributed by atoms with Gasteiger partial charge in [-0.25, -0.2) is 4.79 Å². The summed E-state index contributed by atoms with van der Waals surface area (Å²) in [6, 6.07) is 0.488. The zero-order valence-electron chi connectivity index (χ0n) is 12.5. The first-order valence-electron chi connectivity index (χ1n) is 7.80. The minimum Gasteiger partial charge on any atom is -0.481 e. The van der Waals surface area contributed by atoms with Crippen LogP contribution in [0, 0.1) is 0 Å². The predicted octanol–water partition coefficient (Wildman–Crippen LogP) is 2.75. The minimum absolute atomic E-state index is 0.0394. The smallest absolute Gasteiger partial charge is 0.318 e. The Balaban J connectivity index is 2.06. The van der Waals surface area contributed by atoms with Crippen molar-refractivity contribution in [1.82, 2.24) is 10.2 Å². The van der Waals surface area contributed by atoms with Crippen molar-refractivity contribution in [3.63, 3.8) is 0 Å². The van der Waals surface area contributed by atoms with Crippen molar-refractivity contribution in [3.8, 4) is 0 Å². The summed E-state index contributed by atoms with van der Waals surface area (Å²) >= 11 is 0. The van der Waals surface area contributed by atoms with Gasteiger partial charge in [-0.05, 0) is 39.0 Å². The van der Waals surface area contributed by atoms with Crippen LogP contribution >= 0.6 is 0 Å². The van der Waals surface area contributed by atoms with Crippen molar-refractivity contribution in [2.45, 2.75) is 82.8 Å². The van der Waals surface area contributed by atoms with Gasteiger partial charge in [0.05, 0.1) is 12.0 Å². The molecular formula is C15H26N2O3. The van der Waals surface area contributed by atoms with Crippen LogP contribution in [-0.4, -0.2) is 39.6 Å². The summed E-state index contributed by atoms with van der Waals surface area (Å²) in [5.41, 5.74) is -0.524. The largest absolute Gasteiger partial charge is 0.481 e. The topological polar surface area (TPSA) is 69.6 Å². The first-order chi connectivity index (χ1) is 9.47. The molecule has 2 aliphatic rings. The van der Waals surface area contributed by atoms with Crippen LogP contribution in [0.15, 0.2) is 0 Å². The third kappa shape index (κ3) is 3.07. The van der Waals surface area contributed by atoms with Gasteiger partial charge in [0.15, 0.2) is 0 Å². The Labute approximate surface area is 120 Å². The van der Waals surface area contributed by atoms with Crippen molar-refractivity contribution in [3.05, 3.63) is 0 Å². The average Bonchev–Trinajstić information content (AvgIpc) is 2.95. The Hall–Kier alpha value is -1.26. The molecule has 2 unspecified atom stereocenters. The molecule has 0 bridgehead atoms. The number of nitrogens with zero attached hydrogens (tertiary/aromatic N) is 1. The summed E-state index contributed by atoms with van der Waals surface area (Å²) in [4.78, 5) is 25.6. The van der Waals surface area contributed by atoms with Gasteiger partial charge in [-0.2, -0.15) is 0 Å². The number of amides is 2. The Morgan fingerprint density at radius 1 is 1.30 bits per heavy atom. The highest BCUT2D eigenvalue weighted by Gasteiger charge is 2.41. The van der Waals surface area contributed by atoms with Gasteiger partial charge in [0, 0.05) is 12.1 Å². The van der Waals surface area contributed by atoms with Crippen molar-refractivity contribution < 1.29 is 14.7 Å². The molecule has 0 aromatic heterocycles. The molecule has 2 rings (SSSR count). The molecule has 2 amide bonds. The molecule has 2 atom stereocenters. The van der Waals surface area contributed by atoms with Crippen LogP contribution in [0.25, 0.3) is 0 Å². The van der Waals surface area contributed by atoms with E-state index in [1.807, 2.05) is 4.90 Å². The minimum atomic E-state index is -0.825. The van der Waals surface area contributed by atoms with Crippen LogP contribution in [-0.2, 0) is 4.79 Å². The lowest BCUT2D eigenvalue weighted by Gasteiger charge is -2.35. The standard InChI is InChI=1S/C15H26N2O3/c1-3-12-7-6-11(2)17(12)14(20)16-15(10-13(18)19)8-4-5-9-15/h11-12H,3-10H2,1-2H3,(H,16,20)(H,18,19). The molecule has 0 aromatic carbocycles. The summed E-state index contributed by atoms with van der Waals surface area (Å²) in [6.45, 7) is 4.18. The van der Waals surface area contributed by atoms with E-state index in [1.54, 1.807) is 0 Å². The fourth-order valence-electron chi connectivity index (χ4n) is 3.82. The quantitative estimate of drug-likeness (QED) is 0.833. The van der Waals surface area contributed by atoms with Crippen molar-refractivity contribution in [1.29, 1.82) is 0 Å². The second kappa shape index (κ2) is 6.02. The molecule has 1 heterocycles. The van der Waals surface area contributed by atoms with Crippen LogP contribution < -0.4 is 5.32 Å². The molecule has 5 heteroatoms. The van der Waals surface area contributed by atoms with Gasteiger partial charge in [0.1, 0.15) is 0 Å². The van der Waals surface area contributed by atoms with E-state index in [2.05, 4.69) is 19.2 Å². The monoisotopic (exact) mass is 282 g/mol. The Bertz CT molecular complexity index is 377. The fraction of sp³-hybridized carbons (Fsp3) is 0.867. The number of carbonyl (C=O) groups excluding carboxylic acids is 1. The highest BCUT2D eigenvalue weighted by molar-refractivity contribution is 5.78. The molecule has 5 nitrogen and oxygen atoms in total. The van der Waals surface area contributed by atoms with Gasteiger partial charge in [-0.15, -0.1) is 0 Å². The van der Waals surface area contributed by atoms with E-state index in [9.17, 15) is 9.59 Å². The molecule has 1 saturated heterocycles. The van der Waals surface area contributed by atoms with Gasteiger partial charge >= 0.3 is 12.0 Å². The number of carboxylic acids is 1. The third-order valence-corrected chi connectivity index (χ3v) is 4.91. The van der Waals surface area contributed by atoms with Gasteiger partial charge in [-0.3, -0.25) is 4.79 Å². The number of likely N-dealkylation sites (tertiary alicyclic amines) is 1. The summed E-state index contributed by atoms with van der Waals surface area (Å²) in [7, 11) is 0. The highest BCUT2D eigenvalue weighted by atomic mass is 16.4. The molecule has 1 aliphatic carbocycles. The van der Waals surface area contributed by atoms with Gasteiger partial charge in [0.2, 0.25) is 0 Å². The molecule has 114 valence electrons. The lowest BCUT2D eigenvalue weighted by molar-refractivity contribution is -0.138. The number of rotatable bonds is 4. The van der Waals surface area contributed by atoms with Gasteiger partial charge in [-0.1, -0.05) is 19.8 Å². The maximum Gasteiger partial charge on any atom is 0.318 e. The van der Waals surface area contributed by atoms with Crippen molar-refractivity contribution in [2.75, 3.05) is 0 Å². The number of hydrogen-bond acceptors (Lipinski definition) is 2. The van der Waals surface area contributed by atoms with E-state index >= 15 is 0 Å². The SMILES string of the molecule is CCC1CCC(C)N1C(=O)NC1(CC(=O)O)CCCC1. The van der Waals surface area contributed by atoms with E-state index in [-0.39, 0.29) is 18.5 Å². The Morgan fingerprint density at radius 3 is 2.50 bits per heavy atom. The summed E-state index contributed by atoms with van der Waals surface area (Å²) in [5, 5.41) is 12.2. The lowest BCUT2D eigenvalue weighted by atomic mass is 9.93. The van der Waals surface area contributed by atoms with Crippen LogP contribution in [0.4, 0.5) is 4.79 Å². The second-order valence-electron chi connectivity index (χ2n) is 6.38. The molecule has 0 spiro atoms. The molecule has 1 aliphatic heterocycles. The molecule has 0 radical (unpaired) electrons. The van der Waals surface area contributed by atoms with E-state index in [1.165, 1.54) is 0 Å². The lowest BCUT2D eigenvalue weighted by Crippen LogP contribution is -2.55. The van der Waals surface area contributed by atoms with Crippen LogP contribution in [0.3, 0.4) is 0 Å². The van der Waals surface area contributed by atoms with Crippen molar-refractivity contribution in [2.24, 2.45) is 0 Å². The number of urea groups is 1. The van der Waals surface area contributed by atoms with Crippen LogP contribution in [0.5, 0.6) is 0 Å². The van der Waals surface area contributed by atoms with E-state index < -0.39 is 11.5 Å². The number of nitrogens with one attached hydrogen (secondary N) is 1. The molecule has 20 heavy (non-hydrogen) atoms. The normalized spacial score (nSPS) is 28.6. The van der Waals surface area contributed by atoms with E-state index in [0.29, 0.717) is 6.04 Å². The highest BCUT2D eigenvalue weighted by Crippen LogP contribution is 2.34. The zero-order chi connectivity index (χ0) is 14.8. The maximum atomic E-state index is 12.6. The Kier molecular flexibility index (Phi) is 4.55. The number of carbonyl (C=O) groups is 2. The third-order valence-electron chi connectivity index (χ3n) is 4.91. The number of carboxylic acid groups (broad SMARTS) is 1. The molecule has 2 N–H and O–H groups in total. The van der Waals surface area contributed by atoms with E-state index in [4.69, 9.17) is 5.11 Å². The van der Waals surface area contributed by atoms with Crippen molar-refractivity contribution >= 4 is 12.0 Å². The molecule has 0 aromatic rings. The molecular weight excluding hydrogens is 256 g/mol. The Morgan fingerprint density at radius 2 is 1.95 bits per heavy atom. The summed E-state index contributed by atoms with van der Waals surface area (Å²) in [5.74, 6) is -0.825. The van der Waals surface area contributed by atoms with E-state index in [0.717, 1.165) is 44.9 Å².